The van der Waals surface area contributed by atoms with Crippen LogP contribution >= 0.6 is 0 Å². The van der Waals surface area contributed by atoms with Crippen LogP contribution in [0.3, 0.4) is 0 Å². The molecule has 1 amide bonds. The first-order valence-electron chi connectivity index (χ1n) is 13.0. The van der Waals surface area contributed by atoms with E-state index in [-0.39, 0.29) is 11.9 Å². The SMILES string of the molecule is Cc1cccc2cc(-c3nc4cc(C(=O)N5CCCC(N)C5)cc5c4n3CCN5)n(CC3CC3)c12. The second-order valence-corrected chi connectivity index (χ2v) is 10.7. The minimum Gasteiger partial charge on any atom is -0.381 e. The summed E-state index contributed by atoms with van der Waals surface area (Å²) in [6, 6.07) is 12.9. The van der Waals surface area contributed by atoms with Crippen LogP contribution in [0.2, 0.25) is 0 Å². The second-order valence-electron chi connectivity index (χ2n) is 10.7. The zero-order chi connectivity index (χ0) is 23.7. The van der Waals surface area contributed by atoms with Gasteiger partial charge in [-0.15, -0.1) is 0 Å². The summed E-state index contributed by atoms with van der Waals surface area (Å²) >= 11 is 0. The average Bonchev–Trinajstić information content (AvgIpc) is 3.50. The maximum Gasteiger partial charge on any atom is 0.254 e. The first-order valence-corrected chi connectivity index (χ1v) is 13.0. The Hall–Kier alpha value is -3.32. The Kier molecular flexibility index (Phi) is 4.71. The second kappa shape index (κ2) is 7.85. The van der Waals surface area contributed by atoms with E-state index >= 15 is 0 Å². The van der Waals surface area contributed by atoms with E-state index < -0.39 is 0 Å². The number of rotatable bonds is 4. The van der Waals surface area contributed by atoms with Crippen molar-refractivity contribution in [2.45, 2.75) is 51.7 Å². The number of hydrogen-bond acceptors (Lipinski definition) is 4. The number of aryl methyl sites for hydroxylation is 1. The molecule has 2 fully saturated rings. The molecule has 1 atom stereocenters. The van der Waals surface area contributed by atoms with Gasteiger partial charge >= 0.3 is 0 Å². The van der Waals surface area contributed by atoms with Crippen LogP contribution in [0.5, 0.6) is 0 Å². The molecule has 7 nitrogen and oxygen atoms in total. The van der Waals surface area contributed by atoms with Crippen molar-refractivity contribution in [2.24, 2.45) is 11.7 Å². The molecule has 180 valence electrons. The van der Waals surface area contributed by atoms with Crippen LogP contribution in [0.1, 0.15) is 41.6 Å². The van der Waals surface area contributed by atoms with Gasteiger partial charge in [-0.1, -0.05) is 18.2 Å². The minimum atomic E-state index is 0.0558. The summed E-state index contributed by atoms with van der Waals surface area (Å²) in [5.41, 5.74) is 13.6. The van der Waals surface area contributed by atoms with Crippen LogP contribution in [-0.2, 0) is 13.1 Å². The van der Waals surface area contributed by atoms with Crippen molar-refractivity contribution in [3.05, 3.63) is 47.5 Å². The molecule has 7 rings (SSSR count). The van der Waals surface area contributed by atoms with Crippen molar-refractivity contribution in [3.63, 3.8) is 0 Å². The van der Waals surface area contributed by atoms with Crippen LogP contribution in [0.15, 0.2) is 36.4 Å². The van der Waals surface area contributed by atoms with Crippen LogP contribution in [-0.4, -0.2) is 50.6 Å². The van der Waals surface area contributed by atoms with Crippen molar-refractivity contribution in [2.75, 3.05) is 25.0 Å². The van der Waals surface area contributed by atoms with Crippen molar-refractivity contribution >= 4 is 33.5 Å². The minimum absolute atomic E-state index is 0.0558. The Morgan fingerprint density at radius 1 is 1.14 bits per heavy atom. The van der Waals surface area contributed by atoms with Gasteiger partial charge in [0.05, 0.1) is 27.9 Å². The van der Waals surface area contributed by atoms with Crippen molar-refractivity contribution in [1.82, 2.24) is 19.0 Å². The molecule has 0 spiro atoms. The molecule has 4 heterocycles. The predicted molar refractivity (Wildman–Crippen MR) is 140 cm³/mol. The number of imidazole rings is 1. The fourth-order valence-electron chi connectivity index (χ4n) is 6.07. The lowest BCUT2D eigenvalue weighted by molar-refractivity contribution is 0.0709. The average molecular weight is 469 g/mol. The van der Waals surface area contributed by atoms with Crippen molar-refractivity contribution in [3.8, 4) is 11.5 Å². The molecule has 35 heavy (non-hydrogen) atoms. The van der Waals surface area contributed by atoms with Gasteiger partial charge in [0.25, 0.3) is 5.91 Å². The summed E-state index contributed by atoms with van der Waals surface area (Å²) < 4.78 is 4.84. The number of carbonyl (C=O) groups excluding carboxylic acids is 1. The van der Waals surface area contributed by atoms with Crippen LogP contribution in [0.25, 0.3) is 33.5 Å². The molecule has 1 saturated heterocycles. The first kappa shape index (κ1) is 21.0. The number of hydrogen-bond donors (Lipinski definition) is 2. The summed E-state index contributed by atoms with van der Waals surface area (Å²) in [6.07, 6.45) is 4.56. The van der Waals surface area contributed by atoms with Crippen LogP contribution in [0, 0.1) is 12.8 Å². The molecule has 4 aromatic rings. The highest BCUT2D eigenvalue weighted by Gasteiger charge is 2.29. The van der Waals surface area contributed by atoms with Gasteiger partial charge in [0, 0.05) is 49.7 Å². The number of carbonyl (C=O) groups is 1. The highest BCUT2D eigenvalue weighted by atomic mass is 16.2. The molecule has 0 bridgehead atoms. The van der Waals surface area contributed by atoms with E-state index in [0.717, 1.165) is 67.5 Å². The Bertz CT molecular complexity index is 1480. The van der Waals surface area contributed by atoms with E-state index in [1.165, 1.54) is 35.0 Å². The first-order chi connectivity index (χ1) is 17.1. The zero-order valence-corrected chi connectivity index (χ0v) is 20.3. The molecule has 1 saturated carbocycles. The fourth-order valence-corrected chi connectivity index (χ4v) is 6.07. The van der Waals surface area contributed by atoms with Gasteiger partial charge in [-0.25, -0.2) is 4.98 Å². The highest BCUT2D eigenvalue weighted by Crippen LogP contribution is 2.39. The number of para-hydroxylation sites is 1. The van der Waals surface area contributed by atoms with E-state index in [9.17, 15) is 4.79 Å². The third kappa shape index (κ3) is 3.44. The maximum atomic E-state index is 13.4. The number of amides is 1. The van der Waals surface area contributed by atoms with E-state index in [1.54, 1.807) is 0 Å². The lowest BCUT2D eigenvalue weighted by atomic mass is 10.0. The number of aromatic nitrogens is 3. The van der Waals surface area contributed by atoms with E-state index in [1.807, 2.05) is 17.0 Å². The van der Waals surface area contributed by atoms with Gasteiger partial charge in [-0.05, 0) is 62.3 Å². The highest BCUT2D eigenvalue weighted by molar-refractivity contribution is 6.03. The van der Waals surface area contributed by atoms with Gasteiger partial charge < -0.3 is 25.1 Å². The Morgan fingerprint density at radius 3 is 2.86 bits per heavy atom. The number of piperidine rings is 1. The predicted octanol–water partition coefficient (Wildman–Crippen LogP) is 4.37. The standard InChI is InChI=1S/C28H32N6O/c1-17-4-2-5-19-14-24(34(25(17)19)15-18-7-8-18)27-31-23-13-20(12-22-26(23)33(27)11-9-30-22)28(35)32-10-3-6-21(29)16-32/h2,4-5,12-14,18,21,30H,3,6-11,15-16,29H2,1H3. The summed E-state index contributed by atoms with van der Waals surface area (Å²) in [7, 11) is 0. The molecule has 3 aliphatic rings. The molecule has 1 unspecified atom stereocenters. The molecule has 0 radical (unpaired) electrons. The topological polar surface area (TPSA) is 81.1 Å². The third-order valence-corrected chi connectivity index (χ3v) is 7.97. The van der Waals surface area contributed by atoms with Crippen LogP contribution < -0.4 is 11.1 Å². The molecule has 1 aliphatic carbocycles. The summed E-state index contributed by atoms with van der Waals surface area (Å²) in [5.74, 6) is 1.82. The number of likely N-dealkylation sites (tertiary alicyclic amines) is 1. The van der Waals surface area contributed by atoms with Gasteiger partial charge in [-0.2, -0.15) is 0 Å². The van der Waals surface area contributed by atoms with Gasteiger partial charge in [-0.3, -0.25) is 4.79 Å². The Labute approximate surface area is 204 Å². The molecule has 2 aromatic carbocycles. The van der Waals surface area contributed by atoms with Crippen molar-refractivity contribution < 1.29 is 4.79 Å². The zero-order valence-electron chi connectivity index (χ0n) is 20.3. The summed E-state index contributed by atoms with van der Waals surface area (Å²) in [5, 5.41) is 4.80. The number of nitrogens with one attached hydrogen (secondary N) is 1. The van der Waals surface area contributed by atoms with Gasteiger partial charge in [0.2, 0.25) is 0 Å². The van der Waals surface area contributed by atoms with Gasteiger partial charge in [0.1, 0.15) is 0 Å². The molecule has 7 heteroatoms. The molecule has 2 aliphatic heterocycles. The molecular formula is C28H32N6O. The van der Waals surface area contributed by atoms with E-state index in [0.29, 0.717) is 12.1 Å². The lowest BCUT2D eigenvalue weighted by Gasteiger charge is -2.31. The number of nitrogens with two attached hydrogens (primary N) is 1. The number of nitrogens with zero attached hydrogens (tertiary/aromatic N) is 4. The van der Waals surface area contributed by atoms with Gasteiger partial charge in [0.15, 0.2) is 5.82 Å². The van der Waals surface area contributed by atoms with E-state index in [4.69, 9.17) is 10.7 Å². The summed E-state index contributed by atoms with van der Waals surface area (Å²) in [4.78, 5) is 20.5. The number of anilines is 1. The molecule has 3 N–H and O–H groups in total. The molecular weight excluding hydrogens is 436 g/mol. The molecule has 2 aromatic heterocycles. The van der Waals surface area contributed by atoms with Crippen molar-refractivity contribution in [1.29, 1.82) is 0 Å². The largest absolute Gasteiger partial charge is 0.381 e. The fraction of sp³-hybridized carbons (Fsp3) is 0.429. The third-order valence-electron chi connectivity index (χ3n) is 7.97. The quantitative estimate of drug-likeness (QED) is 0.466. The van der Waals surface area contributed by atoms with E-state index in [2.05, 4.69) is 45.6 Å². The Balaban J connectivity index is 1.38. The number of benzene rings is 2. The maximum absolute atomic E-state index is 13.4. The lowest BCUT2D eigenvalue weighted by Crippen LogP contribution is -2.45. The monoisotopic (exact) mass is 468 g/mol. The van der Waals surface area contributed by atoms with Crippen LogP contribution in [0.4, 0.5) is 5.69 Å². The number of fused-ring (bicyclic) bond motifs is 1. The summed E-state index contributed by atoms with van der Waals surface area (Å²) in [6.45, 7) is 6.31. The normalized spacial score (nSPS) is 19.9. The Morgan fingerprint density at radius 2 is 2.03 bits per heavy atom. The smallest absolute Gasteiger partial charge is 0.254 e.